The Kier molecular flexibility index (Phi) is 11.4. The van der Waals surface area contributed by atoms with Crippen molar-refractivity contribution >= 4 is 46.5 Å². The molecule has 0 spiro atoms. The second kappa shape index (κ2) is 14.7. The van der Waals surface area contributed by atoms with E-state index in [4.69, 9.17) is 10.2 Å². The first-order valence-electron chi connectivity index (χ1n) is 12.9. The molecule has 1 aliphatic rings. The maximum atomic E-state index is 12.7. The van der Waals surface area contributed by atoms with E-state index in [9.17, 15) is 19.2 Å². The molecule has 0 radical (unpaired) electrons. The molecule has 1 unspecified atom stereocenters. The molecule has 0 aliphatic heterocycles. The number of hydroxylamine groups is 1. The van der Waals surface area contributed by atoms with Gasteiger partial charge in [0.15, 0.2) is 0 Å². The summed E-state index contributed by atoms with van der Waals surface area (Å²) in [5.74, 6) is 0.120. The predicted molar refractivity (Wildman–Crippen MR) is 144 cm³/mol. The van der Waals surface area contributed by atoms with Crippen molar-refractivity contribution < 1.29 is 29.1 Å². The van der Waals surface area contributed by atoms with Crippen LogP contribution >= 0.6 is 11.8 Å². The number of amides is 3. The lowest BCUT2D eigenvalue weighted by Gasteiger charge is -2.25. The Morgan fingerprint density at radius 2 is 1.89 bits per heavy atom. The summed E-state index contributed by atoms with van der Waals surface area (Å²) < 4.78 is 6.74. The fourth-order valence-electron chi connectivity index (χ4n) is 4.75. The zero-order valence-corrected chi connectivity index (χ0v) is 22.8. The zero-order valence-electron chi connectivity index (χ0n) is 22.0. The van der Waals surface area contributed by atoms with Gasteiger partial charge in [0.05, 0.1) is 24.2 Å². The third-order valence-corrected chi connectivity index (χ3v) is 7.43. The minimum atomic E-state index is -0.622. The lowest BCUT2D eigenvalue weighted by atomic mass is 9.89. The van der Waals surface area contributed by atoms with Crippen molar-refractivity contribution in [2.45, 2.75) is 64.0 Å². The smallest absolute Gasteiger partial charge is 0.325 e. The van der Waals surface area contributed by atoms with Crippen LogP contribution in [0.2, 0.25) is 0 Å². The van der Waals surface area contributed by atoms with Gasteiger partial charge in [0.25, 0.3) is 5.91 Å². The average molecular weight is 548 g/mol. The Balaban J connectivity index is 1.94. The van der Waals surface area contributed by atoms with Gasteiger partial charge in [-0.15, -0.1) is 0 Å². The van der Waals surface area contributed by atoms with Crippen LogP contribution in [0.5, 0.6) is 0 Å². The third-order valence-electron chi connectivity index (χ3n) is 6.79. The number of hydrogen-bond donors (Lipinski definition) is 4. The van der Waals surface area contributed by atoms with Crippen LogP contribution < -0.4 is 16.1 Å². The highest BCUT2D eigenvalue weighted by atomic mass is 32.2. The second-order valence-corrected chi connectivity index (χ2v) is 10.5. The predicted octanol–water partition coefficient (Wildman–Crippen LogP) is 2.72. The fourth-order valence-corrected chi connectivity index (χ4v) is 5.22. The van der Waals surface area contributed by atoms with E-state index in [1.807, 2.05) is 12.3 Å². The summed E-state index contributed by atoms with van der Waals surface area (Å²) in [5, 5.41) is 14.3. The number of ether oxygens (including phenoxy) is 1. The largest absolute Gasteiger partial charge is 0.468 e. The molecule has 1 heterocycles. The van der Waals surface area contributed by atoms with Crippen LogP contribution in [0.4, 0.5) is 0 Å². The van der Waals surface area contributed by atoms with Crippen LogP contribution in [-0.4, -0.2) is 64.1 Å². The molecule has 3 amide bonds. The molecule has 1 aromatic carbocycles. The highest BCUT2D eigenvalue weighted by Crippen LogP contribution is 2.30. The van der Waals surface area contributed by atoms with Gasteiger partial charge in [0.2, 0.25) is 11.8 Å². The summed E-state index contributed by atoms with van der Waals surface area (Å²) in [7, 11) is 1.26. The number of hydrogen-bond acceptors (Lipinski definition) is 8. The van der Waals surface area contributed by atoms with E-state index in [2.05, 4.69) is 19.9 Å². The lowest BCUT2D eigenvalue weighted by molar-refractivity contribution is -0.139. The van der Waals surface area contributed by atoms with Crippen molar-refractivity contribution in [1.82, 2.24) is 25.7 Å². The molecule has 38 heavy (non-hydrogen) atoms. The van der Waals surface area contributed by atoms with Gasteiger partial charge in [-0.05, 0) is 55.4 Å². The van der Waals surface area contributed by atoms with Crippen molar-refractivity contribution in [3.8, 4) is 0 Å². The third kappa shape index (κ3) is 8.19. The highest BCUT2D eigenvalue weighted by molar-refractivity contribution is 7.98. The first-order chi connectivity index (χ1) is 18.4. The number of imidazole rings is 1. The normalized spacial score (nSPS) is 14.6. The molecule has 1 atom stereocenters. The summed E-state index contributed by atoms with van der Waals surface area (Å²) in [6.07, 6.45) is 8.33. The molecule has 1 saturated carbocycles. The quantitative estimate of drug-likeness (QED) is 0.170. The first kappa shape index (κ1) is 29.4. The molecule has 11 nitrogen and oxygen atoms in total. The summed E-state index contributed by atoms with van der Waals surface area (Å²) in [6.45, 7) is 0.532. The number of carbonyl (C=O) groups excluding carboxylic acids is 4. The number of fused-ring (bicyclic) bond motifs is 1. The van der Waals surface area contributed by atoms with Gasteiger partial charge in [0, 0.05) is 24.9 Å². The Morgan fingerprint density at radius 3 is 2.58 bits per heavy atom. The Labute approximate surface area is 226 Å². The molecular weight excluding hydrogens is 510 g/mol. The van der Waals surface area contributed by atoms with E-state index < -0.39 is 17.8 Å². The number of nitrogens with zero attached hydrogens (tertiary/aromatic N) is 2. The van der Waals surface area contributed by atoms with Gasteiger partial charge in [-0.25, -0.2) is 10.5 Å². The van der Waals surface area contributed by atoms with Gasteiger partial charge >= 0.3 is 5.97 Å². The van der Waals surface area contributed by atoms with Gasteiger partial charge in [-0.1, -0.05) is 19.3 Å². The molecule has 1 fully saturated rings. The number of carbonyl (C=O) groups is 4. The van der Waals surface area contributed by atoms with Crippen molar-refractivity contribution in [1.29, 1.82) is 0 Å². The second-order valence-electron chi connectivity index (χ2n) is 9.48. The molecule has 0 saturated heterocycles. The fraction of sp³-hybridized carbons (Fsp3) is 0.577. The lowest BCUT2D eigenvalue weighted by Crippen LogP contribution is -2.32. The van der Waals surface area contributed by atoms with Crippen LogP contribution in [0, 0.1) is 5.92 Å². The van der Waals surface area contributed by atoms with E-state index in [1.165, 1.54) is 26.4 Å². The summed E-state index contributed by atoms with van der Waals surface area (Å²) in [5.41, 5.74) is 3.42. The van der Waals surface area contributed by atoms with Crippen molar-refractivity contribution in [3.63, 3.8) is 0 Å². The number of rotatable bonds is 13. The van der Waals surface area contributed by atoms with Crippen LogP contribution in [-0.2, 0) is 25.7 Å². The van der Waals surface area contributed by atoms with Crippen LogP contribution in [0.15, 0.2) is 18.2 Å². The van der Waals surface area contributed by atoms with Gasteiger partial charge in [-0.2, -0.15) is 11.8 Å². The molecule has 4 N–H and O–H groups in total. The van der Waals surface area contributed by atoms with Crippen molar-refractivity contribution in [2.75, 3.05) is 25.7 Å². The number of esters is 1. The van der Waals surface area contributed by atoms with E-state index in [1.54, 1.807) is 29.4 Å². The standard InChI is InChI=1S/C26H37N5O6S/c1-37-24(34)15-27-26(35)18-8-9-21-20(14-18)29-25(31(21)16-17-6-4-3-5-7-17)19(12-13-38-2)28-22(32)10-11-23(33)30-36/h8-9,14,17,19,36H,3-7,10-13,15-16H2,1-2H3,(H,27,35)(H,28,32)(H,30,33). The van der Waals surface area contributed by atoms with E-state index in [0.29, 0.717) is 29.2 Å². The summed E-state index contributed by atoms with van der Waals surface area (Å²) in [4.78, 5) is 53.1. The molecule has 2 aromatic rings. The first-order valence-corrected chi connectivity index (χ1v) is 14.3. The Morgan fingerprint density at radius 1 is 1.16 bits per heavy atom. The molecule has 1 aliphatic carbocycles. The number of benzene rings is 1. The molecule has 208 valence electrons. The van der Waals surface area contributed by atoms with Crippen molar-refractivity contribution in [2.24, 2.45) is 5.92 Å². The van der Waals surface area contributed by atoms with Crippen LogP contribution in [0.25, 0.3) is 11.0 Å². The van der Waals surface area contributed by atoms with Crippen LogP contribution in [0.1, 0.15) is 73.6 Å². The summed E-state index contributed by atoms with van der Waals surface area (Å²) in [6, 6.07) is 4.88. The van der Waals surface area contributed by atoms with E-state index >= 15 is 0 Å². The molecule has 0 bridgehead atoms. The minimum Gasteiger partial charge on any atom is -0.468 e. The van der Waals surface area contributed by atoms with Crippen molar-refractivity contribution in [3.05, 3.63) is 29.6 Å². The van der Waals surface area contributed by atoms with Gasteiger partial charge < -0.3 is 19.9 Å². The maximum absolute atomic E-state index is 12.7. The molecule has 1 aromatic heterocycles. The minimum absolute atomic E-state index is 0.0600. The topological polar surface area (TPSA) is 152 Å². The Bertz CT molecular complexity index is 1130. The molecule has 12 heteroatoms. The summed E-state index contributed by atoms with van der Waals surface area (Å²) >= 11 is 1.66. The molecular formula is C26H37N5O6S. The number of methoxy groups -OCH3 is 1. The number of thioether (sulfide) groups is 1. The number of aromatic nitrogens is 2. The van der Waals surface area contributed by atoms with E-state index in [-0.39, 0.29) is 31.3 Å². The maximum Gasteiger partial charge on any atom is 0.325 e. The van der Waals surface area contributed by atoms with Gasteiger partial charge in [-0.3, -0.25) is 24.4 Å². The monoisotopic (exact) mass is 547 g/mol. The SMILES string of the molecule is COC(=O)CNC(=O)c1ccc2c(c1)nc(C(CCSC)NC(=O)CCC(=O)NO)n2CC1CCCCC1. The van der Waals surface area contributed by atoms with Gasteiger partial charge in [0.1, 0.15) is 12.4 Å². The number of nitrogens with one attached hydrogen (secondary N) is 3. The van der Waals surface area contributed by atoms with E-state index in [0.717, 1.165) is 30.7 Å². The zero-order chi connectivity index (χ0) is 27.5. The molecule has 3 rings (SSSR count). The Hall–Kier alpha value is -3.12. The highest BCUT2D eigenvalue weighted by Gasteiger charge is 2.25. The van der Waals surface area contributed by atoms with Crippen LogP contribution in [0.3, 0.4) is 0 Å². The average Bonchev–Trinajstić information content (AvgIpc) is 3.30.